The Kier molecular flexibility index (Phi) is 4.32. The van der Waals surface area contributed by atoms with Gasteiger partial charge in [0, 0.05) is 31.1 Å². The summed E-state index contributed by atoms with van der Waals surface area (Å²) in [6.07, 6.45) is 6.99. The number of hydrogen-bond acceptors (Lipinski definition) is 6. The summed E-state index contributed by atoms with van der Waals surface area (Å²) in [5.74, 6) is 0.383. The van der Waals surface area contributed by atoms with Gasteiger partial charge < -0.3 is 20.9 Å². The van der Waals surface area contributed by atoms with E-state index in [1.54, 1.807) is 36.6 Å². The lowest BCUT2D eigenvalue weighted by Crippen LogP contribution is -2.47. The van der Waals surface area contributed by atoms with Crippen molar-refractivity contribution in [2.75, 3.05) is 7.05 Å². The second kappa shape index (κ2) is 6.50. The fraction of sp³-hybridized carbons (Fsp3) is 0.421. The summed E-state index contributed by atoms with van der Waals surface area (Å²) in [6, 6.07) is 0. The molecule has 1 aliphatic carbocycles. The number of aliphatic imine (C=N–C) groups is 2. The molecule has 4 N–H and O–H groups in total. The Morgan fingerprint density at radius 1 is 1.38 bits per heavy atom. The first-order valence-electron chi connectivity index (χ1n) is 9.29. The molecule has 3 aliphatic rings. The molecular formula is C19H22F3N7. The second-order valence-electron chi connectivity index (χ2n) is 7.40. The normalized spacial score (nSPS) is 29.7. The van der Waals surface area contributed by atoms with Crippen molar-refractivity contribution >= 4 is 12.3 Å². The molecule has 0 radical (unpaired) electrons. The first-order valence-corrected chi connectivity index (χ1v) is 9.29. The number of aromatic amines is 1. The Labute approximate surface area is 166 Å². The molecule has 3 unspecified atom stereocenters. The third-order valence-electron chi connectivity index (χ3n) is 5.98. The van der Waals surface area contributed by atoms with Crippen LogP contribution in [0.1, 0.15) is 31.5 Å². The van der Waals surface area contributed by atoms with Crippen molar-refractivity contribution in [3.8, 4) is 0 Å². The number of H-pyrrole nitrogens is 1. The summed E-state index contributed by atoms with van der Waals surface area (Å²) in [6.45, 7) is 1.95. The van der Waals surface area contributed by atoms with Gasteiger partial charge >= 0.3 is 6.18 Å². The quantitative estimate of drug-likeness (QED) is 0.718. The highest BCUT2D eigenvalue weighted by molar-refractivity contribution is 5.85. The van der Waals surface area contributed by atoms with Crippen molar-refractivity contribution in [2.45, 2.75) is 37.5 Å². The number of aromatic nitrogens is 2. The molecule has 10 heteroatoms. The Balaban J connectivity index is 1.88. The molecule has 0 fully saturated rings. The number of nitrogens with one attached hydrogen (secondary N) is 2. The van der Waals surface area contributed by atoms with E-state index in [9.17, 15) is 13.2 Å². The zero-order valence-corrected chi connectivity index (χ0v) is 16.0. The van der Waals surface area contributed by atoms with Gasteiger partial charge in [0.25, 0.3) is 0 Å². The van der Waals surface area contributed by atoms with Crippen molar-refractivity contribution in [1.82, 2.24) is 20.2 Å². The highest BCUT2D eigenvalue weighted by atomic mass is 19.4. The van der Waals surface area contributed by atoms with Gasteiger partial charge in [0.1, 0.15) is 5.82 Å². The minimum atomic E-state index is -4.39. The van der Waals surface area contributed by atoms with E-state index in [1.807, 2.05) is 6.92 Å². The lowest BCUT2D eigenvalue weighted by molar-refractivity contribution is -0.0890. The van der Waals surface area contributed by atoms with Gasteiger partial charge in [0.2, 0.25) is 5.66 Å². The van der Waals surface area contributed by atoms with Gasteiger partial charge in [-0.15, -0.1) is 0 Å². The van der Waals surface area contributed by atoms with Crippen LogP contribution in [0.15, 0.2) is 58.1 Å². The summed E-state index contributed by atoms with van der Waals surface area (Å²) in [5, 5.41) is 2.96. The molecule has 0 aromatic carbocycles. The minimum Gasteiger partial charge on any atom is -0.369 e. The first-order chi connectivity index (χ1) is 13.7. The third-order valence-corrected chi connectivity index (χ3v) is 5.98. The van der Waals surface area contributed by atoms with E-state index in [2.05, 4.69) is 20.3 Å². The summed E-state index contributed by atoms with van der Waals surface area (Å²) in [4.78, 5) is 18.7. The van der Waals surface area contributed by atoms with Crippen molar-refractivity contribution in [3.63, 3.8) is 0 Å². The van der Waals surface area contributed by atoms with Gasteiger partial charge in [-0.1, -0.05) is 25.2 Å². The van der Waals surface area contributed by atoms with Crippen LogP contribution < -0.4 is 11.1 Å². The molecule has 29 heavy (non-hydrogen) atoms. The van der Waals surface area contributed by atoms with E-state index >= 15 is 0 Å². The molecule has 154 valence electrons. The fourth-order valence-electron chi connectivity index (χ4n) is 4.40. The van der Waals surface area contributed by atoms with E-state index in [-0.39, 0.29) is 12.4 Å². The molecule has 0 saturated carbocycles. The smallest absolute Gasteiger partial charge is 0.369 e. The van der Waals surface area contributed by atoms with E-state index in [0.29, 0.717) is 17.9 Å². The Morgan fingerprint density at radius 2 is 2.17 bits per heavy atom. The SMILES string of the molecule is CCC1(C(c2ncc[nH]2)C23N=CNC=C2N(C)C(N)=N3)C=CC(C(F)(F)F)=CC1. The maximum Gasteiger partial charge on any atom is 0.416 e. The van der Waals surface area contributed by atoms with Gasteiger partial charge in [-0.25, -0.2) is 15.0 Å². The van der Waals surface area contributed by atoms with E-state index in [1.165, 1.54) is 12.4 Å². The monoisotopic (exact) mass is 405 g/mol. The Morgan fingerprint density at radius 3 is 2.76 bits per heavy atom. The summed E-state index contributed by atoms with van der Waals surface area (Å²) in [7, 11) is 1.78. The molecule has 0 amide bonds. The molecule has 3 atom stereocenters. The second-order valence-corrected chi connectivity index (χ2v) is 7.40. The molecule has 3 heterocycles. The highest BCUT2D eigenvalue weighted by Gasteiger charge is 2.58. The molecule has 0 spiro atoms. The largest absolute Gasteiger partial charge is 0.416 e. The number of rotatable bonds is 4. The lowest BCUT2D eigenvalue weighted by atomic mass is 9.62. The Hall–Kier alpha value is -3.04. The maximum atomic E-state index is 13.2. The topological polar surface area (TPSA) is 94.7 Å². The van der Waals surface area contributed by atoms with Crippen LogP contribution >= 0.6 is 0 Å². The Bertz CT molecular complexity index is 942. The fourth-order valence-corrected chi connectivity index (χ4v) is 4.40. The van der Waals surface area contributed by atoms with E-state index < -0.39 is 28.7 Å². The average Bonchev–Trinajstić information content (AvgIpc) is 3.29. The molecule has 1 aromatic rings. The van der Waals surface area contributed by atoms with Gasteiger partial charge in [-0.3, -0.25) is 0 Å². The van der Waals surface area contributed by atoms with Crippen LogP contribution in [0.3, 0.4) is 0 Å². The number of alkyl halides is 3. The number of hydrogen-bond donors (Lipinski definition) is 3. The maximum absolute atomic E-state index is 13.2. The predicted molar refractivity (Wildman–Crippen MR) is 104 cm³/mol. The van der Waals surface area contributed by atoms with Crippen LogP contribution in [-0.4, -0.2) is 46.1 Å². The van der Waals surface area contributed by atoms with Gasteiger partial charge in [0.15, 0.2) is 5.96 Å². The van der Waals surface area contributed by atoms with Crippen molar-refractivity contribution < 1.29 is 13.2 Å². The van der Waals surface area contributed by atoms with Crippen LogP contribution in [0.5, 0.6) is 0 Å². The molecule has 2 aliphatic heterocycles. The molecule has 4 rings (SSSR count). The number of halogens is 3. The van der Waals surface area contributed by atoms with Crippen molar-refractivity contribution in [1.29, 1.82) is 0 Å². The predicted octanol–water partition coefficient (Wildman–Crippen LogP) is 2.77. The average molecular weight is 405 g/mol. The van der Waals surface area contributed by atoms with Crippen LogP contribution in [0.4, 0.5) is 13.2 Å². The van der Waals surface area contributed by atoms with Crippen LogP contribution in [0.25, 0.3) is 0 Å². The van der Waals surface area contributed by atoms with Crippen LogP contribution in [-0.2, 0) is 0 Å². The number of guanidine groups is 1. The van der Waals surface area contributed by atoms with Gasteiger partial charge in [0.05, 0.1) is 23.5 Å². The number of allylic oxidation sites excluding steroid dienone is 4. The minimum absolute atomic E-state index is 0.178. The van der Waals surface area contributed by atoms with E-state index in [4.69, 9.17) is 10.7 Å². The molecular weight excluding hydrogens is 383 g/mol. The standard InChI is InChI=1S/C19H22F3N7/c1-3-17(6-4-12(5-7-17)19(20,21)22)14(15-25-8-9-26-15)18-13(10-24-11-27-18)29(2)16(23)28-18/h4-6,8-11,14H,3,7H2,1-2H3,(H2,23,28)(H,24,27)(H,25,26). The molecule has 1 aromatic heterocycles. The number of fused-ring (bicyclic) bond motifs is 1. The summed E-state index contributed by atoms with van der Waals surface area (Å²) < 4.78 is 39.7. The van der Waals surface area contributed by atoms with Crippen LogP contribution in [0, 0.1) is 5.41 Å². The number of nitrogens with zero attached hydrogens (tertiary/aromatic N) is 4. The lowest BCUT2D eigenvalue weighted by Gasteiger charge is -2.45. The van der Waals surface area contributed by atoms with Crippen molar-refractivity contribution in [2.24, 2.45) is 21.1 Å². The van der Waals surface area contributed by atoms with Gasteiger partial charge in [-0.2, -0.15) is 13.2 Å². The van der Waals surface area contributed by atoms with Crippen molar-refractivity contribution in [3.05, 3.63) is 53.9 Å². The highest BCUT2D eigenvalue weighted by Crippen LogP contribution is 2.56. The zero-order chi connectivity index (χ0) is 20.9. The first kappa shape index (κ1) is 19.3. The molecule has 0 bridgehead atoms. The van der Waals surface area contributed by atoms with Crippen LogP contribution in [0.2, 0.25) is 0 Å². The van der Waals surface area contributed by atoms with E-state index in [0.717, 1.165) is 6.08 Å². The third kappa shape index (κ3) is 2.85. The number of imidazole rings is 1. The molecule has 0 saturated heterocycles. The summed E-state index contributed by atoms with van der Waals surface area (Å²) in [5.41, 5.74) is 4.37. The van der Waals surface area contributed by atoms with Gasteiger partial charge in [-0.05, 0) is 12.8 Å². The molecule has 7 nitrogen and oxygen atoms in total. The summed E-state index contributed by atoms with van der Waals surface area (Å²) >= 11 is 0. The zero-order valence-electron chi connectivity index (χ0n) is 16.0. The number of nitrogens with two attached hydrogens (primary N) is 1. The number of likely N-dealkylation sites (N-methyl/N-ethyl adjacent to an activating group) is 1.